The normalized spacial score (nSPS) is 20.0. The van der Waals surface area contributed by atoms with Crippen molar-refractivity contribution < 1.29 is 19.4 Å². The fourth-order valence-electron chi connectivity index (χ4n) is 3.54. The van der Waals surface area contributed by atoms with E-state index in [4.69, 9.17) is 9.16 Å². The Morgan fingerprint density at radius 2 is 1.71 bits per heavy atom. The predicted molar refractivity (Wildman–Crippen MR) is 122 cm³/mol. The number of rotatable bonds is 13. The van der Waals surface area contributed by atoms with Crippen LogP contribution in [0.2, 0.25) is 18.1 Å². The molecule has 0 aromatic carbocycles. The fourth-order valence-corrected chi connectivity index (χ4v) is 4.96. The molecule has 0 aromatic rings. The lowest BCUT2D eigenvalue weighted by Crippen LogP contribution is -2.49. The largest absolute Gasteiger partial charge is 0.413 e. The summed E-state index contributed by atoms with van der Waals surface area (Å²) >= 11 is 0. The smallest absolute Gasteiger partial charge is 0.192 e. The predicted octanol–water partition coefficient (Wildman–Crippen LogP) is 5.40. The average molecular weight is 417 g/mol. The summed E-state index contributed by atoms with van der Waals surface area (Å²) in [7, 11) is -0.241. The van der Waals surface area contributed by atoms with Crippen molar-refractivity contribution in [3.05, 3.63) is 12.2 Å². The van der Waals surface area contributed by atoms with Gasteiger partial charge in [0.2, 0.25) is 0 Å². The van der Waals surface area contributed by atoms with Gasteiger partial charge in [-0.1, -0.05) is 53.7 Å². The highest BCUT2D eigenvalue weighted by atomic mass is 28.4. The molecule has 5 heteroatoms. The van der Waals surface area contributed by atoms with E-state index in [-0.39, 0.29) is 35.7 Å². The number of allylic oxidation sites excluding steroid dienone is 2. The van der Waals surface area contributed by atoms with Crippen molar-refractivity contribution in [1.29, 1.82) is 0 Å². The summed E-state index contributed by atoms with van der Waals surface area (Å²) in [4.78, 5) is 0. The lowest BCUT2D eigenvalue weighted by atomic mass is 9.83. The molecular weight excluding hydrogens is 368 g/mol. The van der Waals surface area contributed by atoms with Crippen molar-refractivity contribution in [2.75, 3.05) is 13.7 Å². The third kappa shape index (κ3) is 8.27. The van der Waals surface area contributed by atoms with E-state index in [0.717, 1.165) is 12.8 Å². The minimum atomic E-state index is -2.01. The molecule has 0 aromatic heterocycles. The van der Waals surface area contributed by atoms with Gasteiger partial charge in [0.05, 0.1) is 18.3 Å². The second kappa shape index (κ2) is 12.5. The Bertz CT molecular complexity index is 440. The zero-order valence-electron chi connectivity index (χ0n) is 20.2. The Hall–Kier alpha value is -0.203. The standard InChI is InChI=1S/C23H48O4Si/c1-11-13-14-17(3)22(26-8)18(4)21(15-20(25)19(12-2)16-24)27-28(9,10)23(5,6)7/h11,13,17-22,24-25H,12,14-16H2,1-10H3/t17-,18-,19+,20+,21+,22+/m0/s1. The van der Waals surface area contributed by atoms with Crippen molar-refractivity contribution in [2.24, 2.45) is 17.8 Å². The Kier molecular flexibility index (Phi) is 12.4. The molecule has 0 saturated heterocycles. The van der Waals surface area contributed by atoms with Gasteiger partial charge in [0.25, 0.3) is 0 Å². The molecule has 0 spiro atoms. The lowest BCUT2D eigenvalue weighted by molar-refractivity contribution is -0.0515. The SMILES string of the molecule is CC=CC[C@H](C)[C@@H](OC)[C@@H](C)[C@@H](C[C@@H](O)[C@H](CC)CO)O[Si](C)(C)C(C)(C)C. The molecule has 0 aliphatic heterocycles. The van der Waals surface area contributed by atoms with Crippen molar-refractivity contribution in [3.8, 4) is 0 Å². The minimum Gasteiger partial charge on any atom is -0.413 e. The Labute approximate surface area is 175 Å². The van der Waals surface area contributed by atoms with E-state index in [1.54, 1.807) is 7.11 Å². The van der Waals surface area contributed by atoms with Gasteiger partial charge in [0.1, 0.15) is 0 Å². The summed E-state index contributed by atoms with van der Waals surface area (Å²) in [6, 6.07) is 0. The van der Waals surface area contributed by atoms with Crippen LogP contribution in [0, 0.1) is 17.8 Å². The number of aliphatic hydroxyl groups is 2. The van der Waals surface area contributed by atoms with Crippen molar-refractivity contribution in [2.45, 2.75) is 104 Å². The molecule has 0 fully saturated rings. The van der Waals surface area contributed by atoms with Gasteiger partial charge in [-0.2, -0.15) is 0 Å². The van der Waals surface area contributed by atoms with Crippen LogP contribution in [0.15, 0.2) is 12.2 Å². The van der Waals surface area contributed by atoms with E-state index in [0.29, 0.717) is 12.3 Å². The van der Waals surface area contributed by atoms with Crippen LogP contribution in [0.1, 0.15) is 67.7 Å². The topological polar surface area (TPSA) is 58.9 Å². The van der Waals surface area contributed by atoms with Gasteiger partial charge in [-0.3, -0.25) is 0 Å². The zero-order valence-corrected chi connectivity index (χ0v) is 21.2. The van der Waals surface area contributed by atoms with Gasteiger partial charge in [-0.25, -0.2) is 0 Å². The summed E-state index contributed by atoms with van der Waals surface area (Å²) in [6.07, 6.45) is 5.88. The van der Waals surface area contributed by atoms with Gasteiger partial charge >= 0.3 is 0 Å². The fraction of sp³-hybridized carbons (Fsp3) is 0.913. The molecule has 4 nitrogen and oxygen atoms in total. The van der Waals surface area contributed by atoms with E-state index >= 15 is 0 Å². The molecular formula is C23H48O4Si. The summed E-state index contributed by atoms with van der Waals surface area (Å²) in [6.45, 7) is 19.7. The van der Waals surface area contributed by atoms with Crippen LogP contribution in [0.4, 0.5) is 0 Å². The Balaban J connectivity index is 5.66. The van der Waals surface area contributed by atoms with Gasteiger partial charge in [-0.15, -0.1) is 0 Å². The number of aliphatic hydroxyl groups excluding tert-OH is 2. The quantitative estimate of drug-likeness (QED) is 0.312. The van der Waals surface area contributed by atoms with Crippen LogP contribution in [0.25, 0.3) is 0 Å². The highest BCUT2D eigenvalue weighted by molar-refractivity contribution is 6.74. The maximum Gasteiger partial charge on any atom is 0.192 e. The van der Waals surface area contributed by atoms with Crippen LogP contribution in [0.3, 0.4) is 0 Å². The van der Waals surface area contributed by atoms with E-state index in [1.807, 2.05) is 13.8 Å². The van der Waals surface area contributed by atoms with Crippen molar-refractivity contribution in [3.63, 3.8) is 0 Å². The van der Waals surface area contributed by atoms with E-state index in [1.165, 1.54) is 0 Å². The summed E-state index contributed by atoms with van der Waals surface area (Å²) in [5.41, 5.74) is 0. The zero-order chi connectivity index (χ0) is 22.1. The first-order valence-corrected chi connectivity index (χ1v) is 13.9. The molecule has 0 unspecified atom stereocenters. The highest BCUT2D eigenvalue weighted by Gasteiger charge is 2.42. The first-order valence-electron chi connectivity index (χ1n) is 11.0. The van der Waals surface area contributed by atoms with Crippen LogP contribution in [0.5, 0.6) is 0 Å². The van der Waals surface area contributed by atoms with E-state index < -0.39 is 14.4 Å². The molecule has 168 valence electrons. The minimum absolute atomic E-state index is 0.00423. The van der Waals surface area contributed by atoms with E-state index in [2.05, 4.69) is 59.9 Å². The molecule has 0 rings (SSSR count). The summed E-state index contributed by atoms with van der Waals surface area (Å²) < 4.78 is 12.7. The lowest BCUT2D eigenvalue weighted by Gasteiger charge is -2.43. The van der Waals surface area contributed by atoms with Crippen LogP contribution < -0.4 is 0 Å². The number of hydrogen-bond acceptors (Lipinski definition) is 4. The summed E-state index contributed by atoms with van der Waals surface area (Å²) in [5.74, 6) is 0.392. The van der Waals surface area contributed by atoms with Crippen molar-refractivity contribution in [1.82, 2.24) is 0 Å². The molecule has 6 atom stereocenters. The second-order valence-electron chi connectivity index (χ2n) is 9.91. The van der Waals surface area contributed by atoms with E-state index in [9.17, 15) is 10.2 Å². The van der Waals surface area contributed by atoms with Gasteiger partial charge < -0.3 is 19.4 Å². The molecule has 28 heavy (non-hydrogen) atoms. The summed E-state index contributed by atoms with van der Waals surface area (Å²) in [5, 5.41) is 20.5. The monoisotopic (exact) mass is 416 g/mol. The Morgan fingerprint density at radius 3 is 2.11 bits per heavy atom. The van der Waals surface area contributed by atoms with Crippen molar-refractivity contribution >= 4 is 8.32 Å². The molecule has 0 aliphatic rings. The van der Waals surface area contributed by atoms with Crippen LogP contribution in [-0.4, -0.2) is 50.6 Å². The van der Waals surface area contributed by atoms with Crippen LogP contribution >= 0.6 is 0 Å². The highest BCUT2D eigenvalue weighted by Crippen LogP contribution is 2.40. The molecule has 0 bridgehead atoms. The molecule has 0 aliphatic carbocycles. The molecule has 0 amide bonds. The Morgan fingerprint density at radius 1 is 1.14 bits per heavy atom. The third-order valence-corrected chi connectivity index (χ3v) is 11.2. The van der Waals surface area contributed by atoms with Gasteiger partial charge in [0, 0.05) is 25.6 Å². The maximum absolute atomic E-state index is 10.8. The molecule has 0 radical (unpaired) electrons. The van der Waals surface area contributed by atoms with Gasteiger partial charge in [0.15, 0.2) is 8.32 Å². The second-order valence-corrected chi connectivity index (χ2v) is 14.7. The third-order valence-electron chi connectivity index (χ3n) is 6.71. The average Bonchev–Trinajstić information content (AvgIpc) is 2.59. The number of ether oxygens (including phenoxy) is 1. The molecule has 0 heterocycles. The maximum atomic E-state index is 10.8. The first kappa shape index (κ1) is 27.8. The first-order chi connectivity index (χ1) is 12.9. The number of hydrogen-bond donors (Lipinski definition) is 2. The van der Waals surface area contributed by atoms with Gasteiger partial charge in [-0.05, 0) is 50.2 Å². The molecule has 0 saturated carbocycles. The number of methoxy groups -OCH3 is 1. The van der Waals surface area contributed by atoms with Crippen LogP contribution in [-0.2, 0) is 9.16 Å². The molecule has 2 N–H and O–H groups in total.